The second-order valence-corrected chi connectivity index (χ2v) is 6.69. The second-order valence-electron chi connectivity index (χ2n) is 6.69. The normalized spacial score (nSPS) is 14.1. The molecule has 1 aliphatic carbocycles. The molecule has 0 radical (unpaired) electrons. The summed E-state index contributed by atoms with van der Waals surface area (Å²) in [7, 11) is 2.36. The van der Waals surface area contributed by atoms with E-state index in [-0.39, 0.29) is 30.0 Å². The summed E-state index contributed by atoms with van der Waals surface area (Å²) in [6, 6.07) is 3.88. The highest BCUT2D eigenvalue weighted by atomic mass is 16.5. The lowest BCUT2D eigenvalue weighted by atomic mass is 10.1. The van der Waals surface area contributed by atoms with Crippen molar-refractivity contribution < 1.29 is 38.8 Å². The first kappa shape index (κ1) is 25.3. The zero-order chi connectivity index (χ0) is 24.4. The van der Waals surface area contributed by atoms with E-state index >= 15 is 0 Å². The van der Waals surface area contributed by atoms with Crippen molar-refractivity contribution in [1.29, 1.82) is 0 Å². The van der Waals surface area contributed by atoms with Crippen LogP contribution in [0.2, 0.25) is 0 Å². The van der Waals surface area contributed by atoms with Gasteiger partial charge < -0.3 is 29.7 Å². The van der Waals surface area contributed by atoms with Gasteiger partial charge in [0.15, 0.2) is 5.70 Å². The van der Waals surface area contributed by atoms with Crippen LogP contribution in [0.25, 0.3) is 0 Å². The third-order valence-corrected chi connectivity index (χ3v) is 4.32. The summed E-state index contributed by atoms with van der Waals surface area (Å²) < 4.78 is 14.8. The highest BCUT2D eigenvalue weighted by Gasteiger charge is 2.19. The quantitative estimate of drug-likeness (QED) is 0.220. The first-order valence-corrected chi connectivity index (χ1v) is 9.88. The number of ether oxygens (including phenoxy) is 3. The molecule has 3 N–H and O–H groups in total. The number of amides is 1. The minimum Gasteiger partial charge on any atom is -0.510 e. The van der Waals surface area contributed by atoms with E-state index in [1.54, 1.807) is 6.08 Å². The van der Waals surface area contributed by atoms with Crippen molar-refractivity contribution in [2.45, 2.75) is 19.8 Å². The molecule has 33 heavy (non-hydrogen) atoms. The molecule has 0 heterocycles. The number of hydrogen-bond acceptors (Lipinski definition) is 10. The van der Waals surface area contributed by atoms with Gasteiger partial charge in [0.25, 0.3) is 5.91 Å². The molecular weight excluding hydrogens is 434 g/mol. The van der Waals surface area contributed by atoms with E-state index < -0.39 is 29.3 Å². The Hall–Kier alpha value is -3.99. The highest BCUT2D eigenvalue weighted by molar-refractivity contribution is 5.97. The minimum absolute atomic E-state index is 0.0215. The molecule has 11 heteroatoms. The van der Waals surface area contributed by atoms with Gasteiger partial charge in [-0.15, -0.1) is 5.11 Å². The summed E-state index contributed by atoms with van der Waals surface area (Å²) in [6.07, 6.45) is 4.73. The summed E-state index contributed by atoms with van der Waals surface area (Å²) >= 11 is 0. The summed E-state index contributed by atoms with van der Waals surface area (Å²) in [6.45, 7) is 1.15. The van der Waals surface area contributed by atoms with Gasteiger partial charge >= 0.3 is 11.9 Å². The van der Waals surface area contributed by atoms with Gasteiger partial charge in [0.1, 0.15) is 18.1 Å². The Morgan fingerprint density at radius 3 is 2.27 bits per heavy atom. The fourth-order valence-corrected chi connectivity index (χ4v) is 2.79. The van der Waals surface area contributed by atoms with Crippen LogP contribution in [0, 0.1) is 0 Å². The Labute approximate surface area is 190 Å². The van der Waals surface area contributed by atoms with Gasteiger partial charge in [0, 0.05) is 6.42 Å². The van der Waals surface area contributed by atoms with E-state index in [4.69, 9.17) is 9.84 Å². The molecule has 0 saturated heterocycles. The molecule has 0 saturated carbocycles. The summed E-state index contributed by atoms with van der Waals surface area (Å²) in [5.41, 5.74) is 0.0652. The third-order valence-electron chi connectivity index (χ3n) is 4.32. The molecule has 0 fully saturated rings. The van der Waals surface area contributed by atoms with E-state index in [0.29, 0.717) is 24.3 Å². The summed E-state index contributed by atoms with van der Waals surface area (Å²) in [5, 5.41) is 29.2. The Morgan fingerprint density at radius 1 is 1.09 bits per heavy atom. The molecule has 0 atom stereocenters. The Balaban J connectivity index is 2.33. The van der Waals surface area contributed by atoms with E-state index in [1.807, 2.05) is 6.08 Å². The molecule has 0 aromatic heterocycles. The Morgan fingerprint density at radius 2 is 1.73 bits per heavy atom. The van der Waals surface area contributed by atoms with Gasteiger partial charge in [0.05, 0.1) is 43.3 Å². The standard InChI is InChI=1S/C22H25N3O8/c1-13(27)19(20(28)23-17-6-4-5-7-18(17)33-9-8-26)25-24-16-11-14(21(29)31-2)10-15(12-16)22(30)32-3/h4,6,10-12,26-27H,5,7-9H2,1-3H3,(H,23,28). The van der Waals surface area contributed by atoms with Crippen molar-refractivity contribution >= 4 is 23.5 Å². The highest BCUT2D eigenvalue weighted by Crippen LogP contribution is 2.22. The lowest BCUT2D eigenvalue weighted by Crippen LogP contribution is -2.26. The number of esters is 2. The average Bonchev–Trinajstić information content (AvgIpc) is 2.82. The van der Waals surface area contributed by atoms with Gasteiger partial charge in [-0.3, -0.25) is 4.79 Å². The fraction of sp³-hybridized carbons (Fsp3) is 0.318. The lowest BCUT2D eigenvalue weighted by molar-refractivity contribution is -0.117. The van der Waals surface area contributed by atoms with Crippen LogP contribution in [-0.2, 0) is 19.0 Å². The number of rotatable bonds is 9. The molecule has 0 spiro atoms. The lowest BCUT2D eigenvalue weighted by Gasteiger charge is -2.17. The van der Waals surface area contributed by atoms with Crippen molar-refractivity contribution in [3.8, 4) is 0 Å². The number of aliphatic hydroxyl groups excluding tert-OH is 2. The number of allylic oxidation sites excluding steroid dienone is 4. The number of nitrogens with one attached hydrogen (secondary N) is 1. The summed E-state index contributed by atoms with van der Waals surface area (Å²) in [4.78, 5) is 36.6. The van der Waals surface area contributed by atoms with E-state index in [1.165, 1.54) is 39.3 Å². The van der Waals surface area contributed by atoms with Crippen LogP contribution >= 0.6 is 0 Å². The van der Waals surface area contributed by atoms with Crippen LogP contribution in [0.3, 0.4) is 0 Å². The Kier molecular flexibility index (Phi) is 9.30. The number of carbonyl (C=O) groups excluding carboxylic acids is 3. The fourth-order valence-electron chi connectivity index (χ4n) is 2.79. The molecule has 1 aromatic carbocycles. The van der Waals surface area contributed by atoms with Gasteiger partial charge in [0.2, 0.25) is 0 Å². The number of carbonyl (C=O) groups is 3. The second kappa shape index (κ2) is 12.2. The topological polar surface area (TPSA) is 156 Å². The van der Waals surface area contributed by atoms with Crippen molar-refractivity contribution in [2.75, 3.05) is 27.4 Å². The van der Waals surface area contributed by atoms with Gasteiger partial charge in [-0.1, -0.05) is 6.08 Å². The molecule has 2 rings (SSSR count). The number of hydrogen-bond donors (Lipinski definition) is 3. The van der Waals surface area contributed by atoms with E-state index in [2.05, 4.69) is 25.0 Å². The van der Waals surface area contributed by atoms with Crippen molar-refractivity contribution in [2.24, 2.45) is 10.2 Å². The summed E-state index contributed by atoms with van der Waals surface area (Å²) in [5.74, 6) is -2.11. The molecular formula is C22H25N3O8. The molecule has 0 unspecified atom stereocenters. The van der Waals surface area contributed by atoms with Gasteiger partial charge in [-0.05, 0) is 37.6 Å². The molecule has 176 valence electrons. The molecule has 11 nitrogen and oxygen atoms in total. The number of aliphatic hydroxyl groups is 2. The van der Waals surface area contributed by atoms with Crippen molar-refractivity contribution in [3.05, 3.63) is 64.4 Å². The minimum atomic E-state index is -0.761. The zero-order valence-electron chi connectivity index (χ0n) is 18.5. The number of benzene rings is 1. The first-order chi connectivity index (χ1) is 15.8. The van der Waals surface area contributed by atoms with Crippen LogP contribution in [0.5, 0.6) is 0 Å². The van der Waals surface area contributed by atoms with Crippen molar-refractivity contribution in [3.63, 3.8) is 0 Å². The molecule has 0 bridgehead atoms. The number of azo groups is 1. The number of methoxy groups -OCH3 is 2. The van der Waals surface area contributed by atoms with Crippen molar-refractivity contribution in [1.82, 2.24) is 5.32 Å². The Bertz CT molecular complexity index is 1000. The molecule has 1 aliphatic rings. The average molecular weight is 459 g/mol. The zero-order valence-corrected chi connectivity index (χ0v) is 18.5. The van der Waals surface area contributed by atoms with E-state index in [0.717, 1.165) is 0 Å². The van der Waals surface area contributed by atoms with Gasteiger partial charge in [-0.25, -0.2) is 9.59 Å². The van der Waals surface area contributed by atoms with Crippen LogP contribution in [-0.4, -0.2) is 55.5 Å². The largest absolute Gasteiger partial charge is 0.510 e. The monoisotopic (exact) mass is 459 g/mol. The SMILES string of the molecule is COC(=O)c1cc(N=NC(C(=O)NC2=C(OCCO)CCC=C2)=C(C)O)cc(C(=O)OC)c1. The predicted octanol–water partition coefficient (Wildman–Crippen LogP) is 2.82. The van der Waals surface area contributed by atoms with E-state index in [9.17, 15) is 19.5 Å². The maximum Gasteiger partial charge on any atom is 0.337 e. The predicted molar refractivity (Wildman–Crippen MR) is 116 cm³/mol. The third kappa shape index (κ3) is 7.01. The van der Waals surface area contributed by atoms with Crippen LogP contribution in [0.4, 0.5) is 5.69 Å². The maximum absolute atomic E-state index is 12.7. The van der Waals surface area contributed by atoms with Gasteiger partial charge in [-0.2, -0.15) is 5.11 Å². The molecule has 1 amide bonds. The molecule has 0 aliphatic heterocycles. The van der Waals surface area contributed by atoms with Crippen LogP contribution < -0.4 is 5.32 Å². The van der Waals surface area contributed by atoms with Crippen LogP contribution in [0.1, 0.15) is 40.5 Å². The number of nitrogens with zero attached hydrogens (tertiary/aromatic N) is 2. The van der Waals surface area contributed by atoms with Crippen LogP contribution in [0.15, 0.2) is 63.5 Å². The smallest absolute Gasteiger partial charge is 0.337 e. The first-order valence-electron chi connectivity index (χ1n) is 9.88. The molecule has 1 aromatic rings. The maximum atomic E-state index is 12.7.